The molecule has 2 rings (SSSR count). The number of amides is 2. The van der Waals surface area contributed by atoms with E-state index in [9.17, 15) is 14.4 Å². The summed E-state index contributed by atoms with van der Waals surface area (Å²) in [5, 5.41) is 6.18. The van der Waals surface area contributed by atoms with E-state index >= 15 is 0 Å². The molecule has 3 unspecified atom stereocenters. The van der Waals surface area contributed by atoms with E-state index in [0.717, 1.165) is 38.5 Å². The molecule has 186 valence electrons. The third-order valence-corrected chi connectivity index (χ3v) is 6.79. The number of carbonyl (C=O) groups is 3. The summed E-state index contributed by atoms with van der Waals surface area (Å²) in [6, 6.07) is -1.76. The summed E-state index contributed by atoms with van der Waals surface area (Å²) in [6.45, 7) is 11.7. The highest BCUT2D eigenvalue weighted by Crippen LogP contribution is 2.30. The van der Waals surface area contributed by atoms with E-state index in [-0.39, 0.29) is 29.1 Å². The topological polar surface area (TPSA) is 87.7 Å². The Morgan fingerprint density at radius 3 is 2.39 bits per heavy atom. The smallest absolute Gasteiger partial charge is 0.247 e. The molecule has 7 nitrogen and oxygen atoms in total. The summed E-state index contributed by atoms with van der Waals surface area (Å²) in [4.78, 5) is 39.9. The van der Waals surface area contributed by atoms with Crippen LogP contribution < -0.4 is 10.6 Å². The summed E-state index contributed by atoms with van der Waals surface area (Å²) in [5.41, 5.74) is -0.353. The summed E-state index contributed by atoms with van der Waals surface area (Å²) in [7, 11) is 0. The van der Waals surface area contributed by atoms with Crippen LogP contribution in [0, 0.1) is 5.92 Å². The van der Waals surface area contributed by atoms with Gasteiger partial charge in [-0.15, -0.1) is 0 Å². The summed E-state index contributed by atoms with van der Waals surface area (Å²) >= 11 is 0. The molecule has 1 saturated carbocycles. The van der Waals surface area contributed by atoms with Crippen molar-refractivity contribution in [2.75, 3.05) is 6.54 Å². The van der Waals surface area contributed by atoms with Gasteiger partial charge in [0.25, 0.3) is 0 Å². The Hall–Kier alpha value is -2.31. The van der Waals surface area contributed by atoms with Gasteiger partial charge in [0.15, 0.2) is 11.7 Å². The lowest BCUT2D eigenvalue weighted by molar-refractivity contribution is -0.141. The fraction of sp³-hybridized carbons (Fsp3) is 0.731. The molecule has 0 saturated heterocycles. The number of ether oxygens (including phenoxy) is 1. The maximum absolute atomic E-state index is 13.8. The van der Waals surface area contributed by atoms with Crippen molar-refractivity contribution in [2.24, 2.45) is 5.92 Å². The number of Topliss-reactive ketones (excluding diaryl/α,β-unsaturated/α-hetero) is 1. The van der Waals surface area contributed by atoms with Crippen LogP contribution in [0.4, 0.5) is 0 Å². The Labute approximate surface area is 199 Å². The summed E-state index contributed by atoms with van der Waals surface area (Å²) < 4.78 is 6.26. The second-order valence-electron chi connectivity index (χ2n) is 9.92. The van der Waals surface area contributed by atoms with Crippen LogP contribution in [-0.4, -0.2) is 52.8 Å². The Morgan fingerprint density at radius 1 is 1.15 bits per heavy atom. The first-order chi connectivity index (χ1) is 15.6. The number of nitrogens with zero attached hydrogens (tertiary/aromatic N) is 1. The van der Waals surface area contributed by atoms with Gasteiger partial charge in [-0.1, -0.05) is 45.3 Å². The van der Waals surface area contributed by atoms with E-state index < -0.39 is 18.1 Å². The fourth-order valence-corrected chi connectivity index (χ4v) is 4.24. The van der Waals surface area contributed by atoms with Crippen LogP contribution in [-0.2, 0) is 19.1 Å². The Morgan fingerprint density at radius 2 is 1.82 bits per heavy atom. The third kappa shape index (κ3) is 7.61. The van der Waals surface area contributed by atoms with Crippen molar-refractivity contribution in [1.29, 1.82) is 0 Å². The van der Waals surface area contributed by atoms with Gasteiger partial charge in [-0.05, 0) is 65.4 Å². The van der Waals surface area contributed by atoms with Crippen molar-refractivity contribution in [1.82, 2.24) is 15.5 Å². The van der Waals surface area contributed by atoms with E-state index in [1.165, 1.54) is 13.3 Å². The first-order valence-corrected chi connectivity index (χ1v) is 12.5. The lowest BCUT2D eigenvalue weighted by Gasteiger charge is -2.37. The molecule has 0 bridgehead atoms. The number of carbonyl (C=O) groups excluding carboxylic acids is 3. The van der Waals surface area contributed by atoms with Crippen molar-refractivity contribution in [2.45, 2.75) is 110 Å². The molecule has 1 heterocycles. The molecule has 2 aliphatic rings. The average molecular weight is 462 g/mol. The normalized spacial score (nSPS) is 21.5. The van der Waals surface area contributed by atoms with Crippen molar-refractivity contribution in [3.63, 3.8) is 0 Å². The number of hydrogen-bond donors (Lipinski definition) is 2. The Balaban J connectivity index is 2.25. The molecular weight excluding hydrogens is 418 g/mol. The van der Waals surface area contributed by atoms with E-state index in [4.69, 9.17) is 4.74 Å². The summed E-state index contributed by atoms with van der Waals surface area (Å²) in [6.07, 6.45) is 12.5. The standard InChI is InChI=1S/C26H43N3O4/c1-7-13-22(33-26(5,6)8-2)28-23(20-14-10-9-11-15-20)25(32)29-17-12-16-21(29)24(31)27-18(3)19(4)30/h12-13,16,18,20-21,23,28H,7-11,14-15,17H2,1-6H3,(H,27,31)/b22-13+. The van der Waals surface area contributed by atoms with Gasteiger partial charge in [0.05, 0.1) is 6.04 Å². The van der Waals surface area contributed by atoms with Gasteiger partial charge >= 0.3 is 0 Å². The van der Waals surface area contributed by atoms with Crippen molar-refractivity contribution < 1.29 is 19.1 Å². The molecule has 1 aliphatic heterocycles. The van der Waals surface area contributed by atoms with Gasteiger partial charge in [0.2, 0.25) is 11.8 Å². The maximum Gasteiger partial charge on any atom is 0.247 e. The van der Waals surface area contributed by atoms with Crippen LogP contribution in [0.3, 0.4) is 0 Å². The minimum absolute atomic E-state index is 0.0950. The van der Waals surface area contributed by atoms with Crippen LogP contribution >= 0.6 is 0 Å². The number of nitrogens with one attached hydrogen (secondary N) is 2. The number of allylic oxidation sites excluding steroid dienone is 1. The highest BCUT2D eigenvalue weighted by atomic mass is 16.5. The predicted octanol–water partition coefficient (Wildman–Crippen LogP) is 3.84. The molecule has 1 aliphatic carbocycles. The van der Waals surface area contributed by atoms with Crippen LogP contribution in [0.15, 0.2) is 24.1 Å². The molecule has 0 aromatic rings. The third-order valence-electron chi connectivity index (χ3n) is 6.79. The molecule has 2 N–H and O–H groups in total. The molecule has 0 aromatic carbocycles. The largest absolute Gasteiger partial charge is 0.474 e. The SMILES string of the molecule is CC/C=C(\NC(C(=O)N1CC=CC1C(=O)NC(C)C(C)=O)C1CCCCC1)OC(C)(C)CC. The molecule has 2 amide bonds. The molecule has 0 aromatic heterocycles. The quantitative estimate of drug-likeness (QED) is 0.361. The van der Waals surface area contributed by atoms with E-state index in [2.05, 4.69) is 17.6 Å². The van der Waals surface area contributed by atoms with E-state index in [1.807, 2.05) is 32.9 Å². The first kappa shape index (κ1) is 26.9. The molecule has 7 heteroatoms. The van der Waals surface area contributed by atoms with Crippen LogP contribution in [0.5, 0.6) is 0 Å². The zero-order valence-electron chi connectivity index (χ0n) is 21.3. The second kappa shape index (κ2) is 12.2. The van der Waals surface area contributed by atoms with Gasteiger partial charge in [-0.25, -0.2) is 0 Å². The molecular formula is C26H43N3O4. The van der Waals surface area contributed by atoms with Gasteiger partial charge < -0.3 is 20.3 Å². The molecule has 0 spiro atoms. The monoisotopic (exact) mass is 461 g/mol. The predicted molar refractivity (Wildman–Crippen MR) is 130 cm³/mol. The molecule has 33 heavy (non-hydrogen) atoms. The van der Waals surface area contributed by atoms with Crippen LogP contribution in [0.25, 0.3) is 0 Å². The lowest BCUT2D eigenvalue weighted by atomic mass is 9.83. The highest BCUT2D eigenvalue weighted by Gasteiger charge is 2.39. The Bertz CT molecular complexity index is 753. The maximum atomic E-state index is 13.8. The number of hydrogen-bond acceptors (Lipinski definition) is 5. The van der Waals surface area contributed by atoms with Gasteiger partial charge in [0, 0.05) is 6.54 Å². The molecule has 0 radical (unpaired) electrons. The summed E-state index contributed by atoms with van der Waals surface area (Å²) in [5.74, 6) is 0.277. The lowest BCUT2D eigenvalue weighted by Crippen LogP contribution is -2.56. The minimum Gasteiger partial charge on any atom is -0.474 e. The average Bonchev–Trinajstić information content (AvgIpc) is 3.27. The second-order valence-corrected chi connectivity index (χ2v) is 9.92. The number of rotatable bonds is 11. The zero-order valence-corrected chi connectivity index (χ0v) is 21.3. The van der Waals surface area contributed by atoms with Gasteiger partial charge in [0.1, 0.15) is 17.7 Å². The first-order valence-electron chi connectivity index (χ1n) is 12.5. The van der Waals surface area contributed by atoms with Crippen LogP contribution in [0.2, 0.25) is 0 Å². The van der Waals surface area contributed by atoms with Gasteiger partial charge in [-0.2, -0.15) is 0 Å². The van der Waals surface area contributed by atoms with E-state index in [0.29, 0.717) is 12.4 Å². The Kier molecular flexibility index (Phi) is 9.99. The van der Waals surface area contributed by atoms with Gasteiger partial charge in [-0.3, -0.25) is 14.4 Å². The van der Waals surface area contributed by atoms with Crippen molar-refractivity contribution in [3.8, 4) is 0 Å². The van der Waals surface area contributed by atoms with Crippen molar-refractivity contribution in [3.05, 3.63) is 24.1 Å². The highest BCUT2D eigenvalue weighted by molar-refractivity contribution is 5.94. The number of ketones is 1. The van der Waals surface area contributed by atoms with Crippen LogP contribution in [0.1, 0.15) is 86.5 Å². The molecule has 3 atom stereocenters. The van der Waals surface area contributed by atoms with Crippen molar-refractivity contribution >= 4 is 17.6 Å². The fourth-order valence-electron chi connectivity index (χ4n) is 4.24. The van der Waals surface area contributed by atoms with E-state index in [1.54, 1.807) is 17.9 Å². The zero-order chi connectivity index (χ0) is 24.6. The molecule has 1 fully saturated rings. The minimum atomic E-state index is -0.709.